The van der Waals surface area contributed by atoms with Crippen LogP contribution in [0.15, 0.2) is 36.7 Å². The molecular weight excluding hydrogens is 257 g/mol. The van der Waals surface area contributed by atoms with Gasteiger partial charge in [0.15, 0.2) is 0 Å². The summed E-state index contributed by atoms with van der Waals surface area (Å²) < 4.78 is 13.8. The number of aromatic nitrogens is 2. The maximum absolute atomic E-state index is 13.8. The second-order valence-electron chi connectivity index (χ2n) is 5.17. The second-order valence-corrected chi connectivity index (χ2v) is 5.17. The lowest BCUT2D eigenvalue weighted by Gasteiger charge is -2.16. The third kappa shape index (κ3) is 2.31. The summed E-state index contributed by atoms with van der Waals surface area (Å²) in [6.07, 6.45) is 5.68. The van der Waals surface area contributed by atoms with E-state index in [1.807, 2.05) is 0 Å². The molecule has 1 aromatic heterocycles. The van der Waals surface area contributed by atoms with Crippen LogP contribution in [0.25, 0.3) is 0 Å². The topological polar surface area (TPSA) is 57.8 Å². The fraction of sp³-hybridized carbons (Fsp3) is 0.333. The molecule has 1 heterocycles. The Balaban J connectivity index is 1.63. The van der Waals surface area contributed by atoms with Gasteiger partial charge in [0.25, 0.3) is 0 Å². The monoisotopic (exact) mass is 273 g/mol. The van der Waals surface area contributed by atoms with Gasteiger partial charge in [-0.2, -0.15) is 5.10 Å². The molecule has 2 N–H and O–H groups in total. The quantitative estimate of drug-likeness (QED) is 0.874. The first-order valence-corrected chi connectivity index (χ1v) is 6.73. The van der Waals surface area contributed by atoms with Crippen molar-refractivity contribution in [2.75, 3.05) is 6.54 Å². The van der Waals surface area contributed by atoms with Gasteiger partial charge in [-0.1, -0.05) is 18.2 Å². The summed E-state index contributed by atoms with van der Waals surface area (Å²) in [4.78, 5) is 12.3. The molecule has 20 heavy (non-hydrogen) atoms. The molecule has 0 aliphatic heterocycles. The SMILES string of the molecule is O=C(NCCc1cn[nH]c1)C1(c2ccccc2F)CC1. The number of halogens is 1. The average Bonchev–Trinajstić information content (AvgIpc) is 3.09. The average molecular weight is 273 g/mol. The first-order valence-electron chi connectivity index (χ1n) is 6.73. The van der Waals surface area contributed by atoms with Gasteiger partial charge in [-0.15, -0.1) is 0 Å². The zero-order valence-corrected chi connectivity index (χ0v) is 11.0. The van der Waals surface area contributed by atoms with Gasteiger partial charge >= 0.3 is 0 Å². The van der Waals surface area contributed by atoms with E-state index in [2.05, 4.69) is 15.5 Å². The summed E-state index contributed by atoms with van der Waals surface area (Å²) in [7, 11) is 0. The van der Waals surface area contributed by atoms with Crippen molar-refractivity contribution < 1.29 is 9.18 Å². The number of amides is 1. The number of carbonyl (C=O) groups excluding carboxylic acids is 1. The summed E-state index contributed by atoms with van der Waals surface area (Å²) >= 11 is 0. The van der Waals surface area contributed by atoms with E-state index in [9.17, 15) is 9.18 Å². The molecule has 1 fully saturated rings. The van der Waals surface area contributed by atoms with Crippen molar-refractivity contribution in [1.82, 2.24) is 15.5 Å². The lowest BCUT2D eigenvalue weighted by molar-refractivity contribution is -0.123. The number of H-pyrrole nitrogens is 1. The lowest BCUT2D eigenvalue weighted by Crippen LogP contribution is -2.36. The third-order valence-electron chi connectivity index (χ3n) is 3.83. The Labute approximate surface area is 116 Å². The van der Waals surface area contributed by atoms with Crippen LogP contribution in [0.2, 0.25) is 0 Å². The molecule has 3 rings (SSSR count). The Kier molecular flexibility index (Phi) is 3.26. The van der Waals surface area contributed by atoms with E-state index in [4.69, 9.17) is 0 Å². The molecule has 2 aromatic rings. The molecule has 104 valence electrons. The van der Waals surface area contributed by atoms with Crippen LogP contribution in [0.4, 0.5) is 4.39 Å². The van der Waals surface area contributed by atoms with Crippen molar-refractivity contribution in [3.05, 3.63) is 53.6 Å². The molecule has 1 aliphatic carbocycles. The molecule has 0 radical (unpaired) electrons. The molecule has 0 spiro atoms. The van der Waals surface area contributed by atoms with Crippen LogP contribution in [0, 0.1) is 5.82 Å². The van der Waals surface area contributed by atoms with Gasteiger partial charge in [0.2, 0.25) is 5.91 Å². The van der Waals surface area contributed by atoms with Gasteiger partial charge in [-0.05, 0) is 30.9 Å². The molecule has 1 amide bonds. The molecule has 4 nitrogen and oxygen atoms in total. The minimum Gasteiger partial charge on any atom is -0.355 e. The second kappa shape index (κ2) is 5.07. The van der Waals surface area contributed by atoms with Crippen molar-refractivity contribution >= 4 is 5.91 Å². The number of aromatic amines is 1. The zero-order valence-electron chi connectivity index (χ0n) is 11.0. The lowest BCUT2D eigenvalue weighted by atomic mass is 9.94. The Morgan fingerprint density at radius 1 is 1.40 bits per heavy atom. The summed E-state index contributed by atoms with van der Waals surface area (Å²) in [5, 5.41) is 9.49. The highest BCUT2D eigenvalue weighted by Gasteiger charge is 2.52. The standard InChI is InChI=1S/C15H16FN3O/c16-13-4-2-1-3-12(13)15(6-7-15)14(20)17-8-5-11-9-18-19-10-11/h1-4,9-10H,5-8H2,(H,17,20)(H,18,19). The fourth-order valence-electron chi connectivity index (χ4n) is 2.50. The number of hydrogen-bond acceptors (Lipinski definition) is 2. The van der Waals surface area contributed by atoms with E-state index in [1.54, 1.807) is 30.6 Å². The highest BCUT2D eigenvalue weighted by Crippen LogP contribution is 2.49. The van der Waals surface area contributed by atoms with E-state index in [1.165, 1.54) is 6.07 Å². The van der Waals surface area contributed by atoms with Crippen LogP contribution in [0.1, 0.15) is 24.0 Å². The summed E-state index contributed by atoms with van der Waals surface area (Å²) in [6, 6.07) is 6.54. The summed E-state index contributed by atoms with van der Waals surface area (Å²) in [6.45, 7) is 0.536. The normalized spacial score (nSPS) is 15.8. The first-order chi connectivity index (χ1) is 9.72. The number of carbonyl (C=O) groups is 1. The highest BCUT2D eigenvalue weighted by atomic mass is 19.1. The van der Waals surface area contributed by atoms with Gasteiger partial charge in [0.1, 0.15) is 5.82 Å². The minimum atomic E-state index is -0.651. The first kappa shape index (κ1) is 12.8. The molecule has 1 aromatic carbocycles. The number of nitrogens with one attached hydrogen (secondary N) is 2. The molecule has 0 atom stereocenters. The van der Waals surface area contributed by atoms with E-state index in [0.29, 0.717) is 24.9 Å². The van der Waals surface area contributed by atoms with Crippen LogP contribution in [0.5, 0.6) is 0 Å². The Bertz CT molecular complexity index is 605. The van der Waals surface area contributed by atoms with Gasteiger partial charge in [0.05, 0.1) is 11.6 Å². The predicted octanol–water partition coefficient (Wildman–Crippen LogP) is 1.94. The molecule has 0 saturated heterocycles. The molecule has 5 heteroatoms. The third-order valence-corrected chi connectivity index (χ3v) is 3.83. The molecule has 1 saturated carbocycles. The Morgan fingerprint density at radius 3 is 2.85 bits per heavy atom. The van der Waals surface area contributed by atoms with Crippen molar-refractivity contribution in [3.63, 3.8) is 0 Å². The van der Waals surface area contributed by atoms with Gasteiger partial charge in [-0.3, -0.25) is 9.89 Å². The van der Waals surface area contributed by atoms with Crippen molar-refractivity contribution in [2.45, 2.75) is 24.7 Å². The van der Waals surface area contributed by atoms with Crippen LogP contribution in [-0.2, 0) is 16.6 Å². The number of hydrogen-bond donors (Lipinski definition) is 2. The summed E-state index contributed by atoms with van der Waals surface area (Å²) in [5.41, 5.74) is 0.906. The number of rotatable bonds is 5. The van der Waals surface area contributed by atoms with E-state index < -0.39 is 5.41 Å². The van der Waals surface area contributed by atoms with Crippen molar-refractivity contribution in [2.24, 2.45) is 0 Å². The Morgan fingerprint density at radius 2 is 2.20 bits per heavy atom. The molecule has 0 unspecified atom stereocenters. The number of nitrogens with zero attached hydrogens (tertiary/aromatic N) is 1. The maximum Gasteiger partial charge on any atom is 0.230 e. The van der Waals surface area contributed by atoms with Gasteiger partial charge in [-0.25, -0.2) is 4.39 Å². The molecule has 0 bridgehead atoms. The van der Waals surface area contributed by atoms with E-state index >= 15 is 0 Å². The molecule has 1 aliphatic rings. The van der Waals surface area contributed by atoms with Crippen LogP contribution in [-0.4, -0.2) is 22.6 Å². The smallest absolute Gasteiger partial charge is 0.230 e. The number of benzene rings is 1. The van der Waals surface area contributed by atoms with Crippen LogP contribution < -0.4 is 5.32 Å². The van der Waals surface area contributed by atoms with Crippen LogP contribution >= 0.6 is 0 Å². The van der Waals surface area contributed by atoms with E-state index in [-0.39, 0.29) is 11.7 Å². The minimum absolute atomic E-state index is 0.0777. The fourth-order valence-corrected chi connectivity index (χ4v) is 2.50. The zero-order chi connectivity index (χ0) is 14.0. The predicted molar refractivity (Wildman–Crippen MR) is 72.6 cm³/mol. The largest absolute Gasteiger partial charge is 0.355 e. The van der Waals surface area contributed by atoms with Gasteiger partial charge in [0, 0.05) is 18.3 Å². The van der Waals surface area contributed by atoms with E-state index in [0.717, 1.165) is 12.0 Å². The Hall–Kier alpha value is -2.17. The summed E-state index contributed by atoms with van der Waals surface area (Å²) in [5.74, 6) is -0.374. The molecular formula is C15H16FN3O. The van der Waals surface area contributed by atoms with Crippen LogP contribution in [0.3, 0.4) is 0 Å². The highest BCUT2D eigenvalue weighted by molar-refractivity contribution is 5.91. The van der Waals surface area contributed by atoms with Crippen molar-refractivity contribution in [1.29, 1.82) is 0 Å². The van der Waals surface area contributed by atoms with Gasteiger partial charge < -0.3 is 5.32 Å². The van der Waals surface area contributed by atoms with Crippen molar-refractivity contribution in [3.8, 4) is 0 Å². The maximum atomic E-state index is 13.8.